The van der Waals surface area contributed by atoms with E-state index in [0.717, 1.165) is 0 Å². The van der Waals surface area contributed by atoms with Crippen LogP contribution in [-0.4, -0.2) is 32.8 Å². The molecule has 0 aromatic heterocycles. The Bertz CT molecular complexity index is 1050. The van der Waals surface area contributed by atoms with Gasteiger partial charge in [-0.2, -0.15) is 0 Å². The molecular formula is C20H19ClN2O5S. The van der Waals surface area contributed by atoms with Crippen LogP contribution in [0.25, 0.3) is 0 Å². The number of urea groups is 1. The minimum atomic E-state index is -3.81. The molecule has 0 aliphatic carbocycles. The van der Waals surface area contributed by atoms with E-state index in [1.54, 1.807) is 49.4 Å². The van der Waals surface area contributed by atoms with E-state index in [0.29, 0.717) is 10.6 Å². The summed E-state index contributed by atoms with van der Waals surface area (Å²) in [6.45, 7) is 1.74. The molecule has 0 bridgehead atoms. The fourth-order valence-corrected chi connectivity index (χ4v) is 4.46. The van der Waals surface area contributed by atoms with Crippen molar-refractivity contribution in [2.75, 3.05) is 12.4 Å². The zero-order chi connectivity index (χ0) is 21.0. The summed E-state index contributed by atoms with van der Waals surface area (Å²) in [4.78, 5) is 25.0. The van der Waals surface area contributed by atoms with E-state index in [-0.39, 0.29) is 22.8 Å². The van der Waals surface area contributed by atoms with Crippen molar-refractivity contribution in [2.24, 2.45) is 0 Å². The zero-order valence-corrected chi connectivity index (χ0v) is 17.1. The number of carbonyl (C=O) groups is 2. The number of rotatable bonds is 6. The quantitative estimate of drug-likeness (QED) is 0.680. The Morgan fingerprint density at radius 1 is 1.10 bits per heavy atom. The van der Waals surface area contributed by atoms with Crippen LogP contribution >= 0.6 is 11.6 Å². The van der Waals surface area contributed by atoms with E-state index in [2.05, 4.69) is 10.6 Å². The van der Waals surface area contributed by atoms with Crippen LogP contribution in [0.2, 0.25) is 5.02 Å². The van der Waals surface area contributed by atoms with Crippen molar-refractivity contribution in [1.29, 1.82) is 0 Å². The van der Waals surface area contributed by atoms with E-state index in [4.69, 9.17) is 16.3 Å². The van der Waals surface area contributed by atoms with E-state index in [1.807, 2.05) is 0 Å². The number of amides is 2. The summed E-state index contributed by atoms with van der Waals surface area (Å²) in [5, 5.41) is 5.61. The monoisotopic (exact) mass is 434 g/mol. The van der Waals surface area contributed by atoms with Gasteiger partial charge in [0.25, 0.3) is 0 Å². The van der Waals surface area contributed by atoms with Crippen LogP contribution in [-0.2, 0) is 19.4 Å². The molecule has 2 aromatic carbocycles. The fraction of sp³-hybridized carbons (Fsp3) is 0.200. The van der Waals surface area contributed by atoms with Crippen molar-refractivity contribution in [3.8, 4) is 0 Å². The predicted octanol–water partition coefficient (Wildman–Crippen LogP) is 2.99. The second-order valence-electron chi connectivity index (χ2n) is 6.27. The third-order valence-corrected chi connectivity index (χ3v) is 6.20. The molecule has 0 fully saturated rings. The van der Waals surface area contributed by atoms with Crippen LogP contribution in [0.4, 0.5) is 4.79 Å². The fourth-order valence-electron chi connectivity index (χ4n) is 2.99. The van der Waals surface area contributed by atoms with Gasteiger partial charge in [0, 0.05) is 10.7 Å². The highest BCUT2D eigenvalue weighted by molar-refractivity contribution is 7.91. The van der Waals surface area contributed by atoms with Crippen molar-refractivity contribution < 1.29 is 22.7 Å². The second kappa shape index (κ2) is 8.67. The minimum Gasteiger partial charge on any atom is -0.463 e. The lowest BCUT2D eigenvalue weighted by molar-refractivity contribution is -0.139. The van der Waals surface area contributed by atoms with Gasteiger partial charge in [0.1, 0.15) is 0 Å². The first-order valence-electron chi connectivity index (χ1n) is 8.82. The molecule has 0 saturated carbocycles. The van der Waals surface area contributed by atoms with E-state index in [9.17, 15) is 18.0 Å². The largest absolute Gasteiger partial charge is 0.463 e. The maximum atomic E-state index is 12.8. The Labute approximate surface area is 173 Å². The highest BCUT2D eigenvalue weighted by Gasteiger charge is 2.35. The van der Waals surface area contributed by atoms with Crippen LogP contribution < -0.4 is 10.6 Å². The number of nitrogens with one attached hydrogen (secondary N) is 2. The summed E-state index contributed by atoms with van der Waals surface area (Å²) in [5.41, 5.74) is 0.589. The van der Waals surface area contributed by atoms with Crippen molar-refractivity contribution in [3.63, 3.8) is 0 Å². The van der Waals surface area contributed by atoms with Gasteiger partial charge in [-0.1, -0.05) is 41.9 Å². The molecule has 1 aliphatic rings. The van der Waals surface area contributed by atoms with Crippen LogP contribution in [0, 0.1) is 0 Å². The molecule has 1 heterocycles. The molecule has 3 rings (SSSR count). The molecule has 0 saturated heterocycles. The molecule has 1 aliphatic heterocycles. The van der Waals surface area contributed by atoms with Gasteiger partial charge in [0.2, 0.25) is 0 Å². The molecular weight excluding hydrogens is 416 g/mol. The Balaban J connectivity index is 2.09. The number of benzene rings is 2. The lowest BCUT2D eigenvalue weighted by Gasteiger charge is -2.29. The Morgan fingerprint density at radius 3 is 2.38 bits per heavy atom. The summed E-state index contributed by atoms with van der Waals surface area (Å²) in [6, 6.07) is 12.9. The maximum absolute atomic E-state index is 12.8. The molecule has 0 unspecified atom stereocenters. The third kappa shape index (κ3) is 4.78. The zero-order valence-electron chi connectivity index (χ0n) is 15.5. The van der Waals surface area contributed by atoms with Gasteiger partial charge >= 0.3 is 12.0 Å². The molecule has 0 radical (unpaired) electrons. The van der Waals surface area contributed by atoms with Crippen LogP contribution in [0.3, 0.4) is 0 Å². The molecule has 152 valence electrons. The number of esters is 1. The topological polar surface area (TPSA) is 102 Å². The summed E-state index contributed by atoms with van der Waals surface area (Å²) < 4.78 is 30.8. The van der Waals surface area contributed by atoms with Crippen LogP contribution in [0.5, 0.6) is 0 Å². The minimum absolute atomic E-state index is 0.0176. The van der Waals surface area contributed by atoms with Gasteiger partial charge in [0.15, 0.2) is 9.84 Å². The van der Waals surface area contributed by atoms with Crippen molar-refractivity contribution in [3.05, 3.63) is 76.5 Å². The van der Waals surface area contributed by atoms with Crippen molar-refractivity contribution in [2.45, 2.75) is 17.9 Å². The summed E-state index contributed by atoms with van der Waals surface area (Å²) in [7, 11) is -3.81. The number of sulfone groups is 1. The molecule has 29 heavy (non-hydrogen) atoms. The molecule has 2 N–H and O–H groups in total. The van der Waals surface area contributed by atoms with E-state index in [1.165, 1.54) is 12.1 Å². The summed E-state index contributed by atoms with van der Waals surface area (Å²) in [5.74, 6) is -1.26. The molecule has 2 aromatic rings. The Hall–Kier alpha value is -2.84. The van der Waals surface area contributed by atoms with Gasteiger partial charge < -0.3 is 15.4 Å². The Kier molecular flexibility index (Phi) is 6.24. The van der Waals surface area contributed by atoms with Crippen molar-refractivity contribution >= 4 is 33.4 Å². The molecule has 9 heteroatoms. The third-order valence-electron chi connectivity index (χ3n) is 4.29. The highest BCUT2D eigenvalue weighted by Crippen LogP contribution is 2.30. The number of hydrogen-bond donors (Lipinski definition) is 2. The van der Waals surface area contributed by atoms with Crippen LogP contribution in [0.1, 0.15) is 18.5 Å². The number of ether oxygens (including phenoxy) is 1. The molecule has 1 atom stereocenters. The lowest BCUT2D eigenvalue weighted by atomic mass is 9.95. The van der Waals surface area contributed by atoms with Gasteiger partial charge in [0.05, 0.1) is 28.9 Å². The first kappa shape index (κ1) is 20.9. The molecule has 0 spiro atoms. The second-order valence-corrected chi connectivity index (χ2v) is 8.69. The summed E-state index contributed by atoms with van der Waals surface area (Å²) in [6.07, 6.45) is 0. The number of halogens is 1. The van der Waals surface area contributed by atoms with Crippen LogP contribution in [0.15, 0.2) is 70.8 Å². The first-order valence-corrected chi connectivity index (χ1v) is 10.9. The average Bonchev–Trinajstić information content (AvgIpc) is 2.68. The predicted molar refractivity (Wildman–Crippen MR) is 108 cm³/mol. The maximum Gasteiger partial charge on any atom is 0.338 e. The standard InChI is InChI=1S/C20H19ClN2O5S/c1-2-28-19(24)17-16(12-29(26,27)15-6-4-3-5-7-15)22-20(25)23-18(17)13-8-10-14(21)11-9-13/h3-11,18H,2,12H2,1H3,(H2,22,23,25)/t18-/m1/s1. The van der Waals surface area contributed by atoms with Gasteiger partial charge in [-0.05, 0) is 36.8 Å². The molecule has 7 nitrogen and oxygen atoms in total. The molecule has 2 amide bonds. The van der Waals surface area contributed by atoms with Crippen molar-refractivity contribution in [1.82, 2.24) is 10.6 Å². The summed E-state index contributed by atoms with van der Waals surface area (Å²) >= 11 is 5.93. The highest BCUT2D eigenvalue weighted by atomic mass is 35.5. The average molecular weight is 435 g/mol. The smallest absolute Gasteiger partial charge is 0.338 e. The van der Waals surface area contributed by atoms with Gasteiger partial charge in [-0.15, -0.1) is 0 Å². The lowest BCUT2D eigenvalue weighted by Crippen LogP contribution is -2.47. The van der Waals surface area contributed by atoms with Gasteiger partial charge in [-0.25, -0.2) is 18.0 Å². The number of carbonyl (C=O) groups excluding carboxylic acids is 2. The van der Waals surface area contributed by atoms with Gasteiger partial charge in [-0.3, -0.25) is 0 Å². The van der Waals surface area contributed by atoms with E-state index < -0.39 is 33.6 Å². The number of hydrogen-bond acceptors (Lipinski definition) is 5. The Morgan fingerprint density at radius 2 is 1.76 bits per heavy atom. The van der Waals surface area contributed by atoms with E-state index >= 15 is 0 Å². The normalized spacial score (nSPS) is 16.8. The SMILES string of the molecule is CCOC(=O)C1=C(CS(=O)(=O)c2ccccc2)NC(=O)N[C@@H]1c1ccc(Cl)cc1. The first-order chi connectivity index (χ1) is 13.8.